The first-order valence-electron chi connectivity index (χ1n) is 8.52. The molecule has 9 nitrogen and oxygen atoms in total. The number of benzene rings is 2. The van der Waals surface area contributed by atoms with Crippen LogP contribution in [0.1, 0.15) is 12.5 Å². The molecule has 0 aliphatic rings. The number of carbonyl (C=O) groups excluding carboxylic acids is 2. The molecule has 0 bridgehead atoms. The summed E-state index contributed by atoms with van der Waals surface area (Å²) in [7, 11) is -2.43. The second-order valence-electron chi connectivity index (χ2n) is 6.04. The molecule has 0 aliphatic carbocycles. The second-order valence-corrected chi connectivity index (χ2v) is 8.38. The fourth-order valence-electron chi connectivity index (χ4n) is 2.37. The van der Waals surface area contributed by atoms with E-state index < -0.39 is 28.4 Å². The lowest BCUT2D eigenvalue weighted by atomic mass is 10.2. The molecule has 1 amide bonds. The number of hydrogen-bond acceptors (Lipinski definition) is 7. The van der Waals surface area contributed by atoms with Gasteiger partial charge in [0.2, 0.25) is 10.0 Å². The first-order chi connectivity index (χ1) is 14.1. The third kappa shape index (κ3) is 6.75. The molecule has 0 radical (unpaired) electrons. The van der Waals surface area contributed by atoms with Crippen LogP contribution < -0.4 is 19.2 Å². The maximum Gasteiger partial charge on any atom is 0.308 e. The Bertz CT molecular complexity index is 1050. The van der Waals surface area contributed by atoms with Crippen LogP contribution in [0.2, 0.25) is 5.02 Å². The van der Waals surface area contributed by atoms with Crippen molar-refractivity contribution in [3.05, 3.63) is 53.1 Å². The number of sulfonamides is 1. The van der Waals surface area contributed by atoms with Crippen LogP contribution in [0.4, 0.5) is 5.69 Å². The average molecular weight is 454 g/mol. The minimum atomic E-state index is -3.81. The highest BCUT2D eigenvalue weighted by molar-refractivity contribution is 7.92. The molecule has 0 heterocycles. The Morgan fingerprint density at radius 1 is 1.20 bits per heavy atom. The van der Waals surface area contributed by atoms with Gasteiger partial charge in [-0.15, -0.1) is 0 Å². The highest BCUT2D eigenvalue weighted by Crippen LogP contribution is 2.32. The molecule has 30 heavy (non-hydrogen) atoms. The quantitative estimate of drug-likeness (QED) is 0.283. The van der Waals surface area contributed by atoms with Crippen LogP contribution in [-0.2, 0) is 19.6 Å². The first kappa shape index (κ1) is 23.2. The largest absolute Gasteiger partial charge is 0.495 e. The third-order valence-electron chi connectivity index (χ3n) is 3.64. The SMILES string of the molecule is COc1ccc(Cl)cc1N(CC(=O)N/N=C\c1ccc(OC(C)=O)cc1)S(C)(=O)=O. The Morgan fingerprint density at radius 3 is 2.43 bits per heavy atom. The molecule has 2 rings (SSSR count). The van der Waals surface area contributed by atoms with Gasteiger partial charge in [-0.2, -0.15) is 5.10 Å². The van der Waals surface area contributed by atoms with E-state index in [1.54, 1.807) is 30.3 Å². The molecule has 0 atom stereocenters. The zero-order valence-electron chi connectivity index (χ0n) is 16.5. The standard InChI is InChI=1S/C19H20ClN3O6S/c1-13(24)29-16-7-4-14(5-8-16)11-21-22-19(25)12-23(30(3,26)27)17-10-15(20)6-9-18(17)28-2/h4-11H,12H2,1-3H3,(H,22,25)/b21-11-. The molecule has 0 saturated heterocycles. The van der Waals surface area contributed by atoms with Crippen LogP contribution in [0.5, 0.6) is 11.5 Å². The minimum Gasteiger partial charge on any atom is -0.495 e. The molecule has 0 fully saturated rings. The van der Waals surface area contributed by atoms with Crippen molar-refractivity contribution < 1.29 is 27.5 Å². The Hall–Kier alpha value is -3.11. The molecule has 1 N–H and O–H groups in total. The first-order valence-corrected chi connectivity index (χ1v) is 10.7. The Balaban J connectivity index is 2.09. The van der Waals surface area contributed by atoms with Crippen molar-refractivity contribution in [2.24, 2.45) is 5.10 Å². The van der Waals surface area contributed by atoms with Crippen LogP contribution in [0, 0.1) is 0 Å². The van der Waals surface area contributed by atoms with Crippen molar-refractivity contribution in [2.45, 2.75) is 6.92 Å². The van der Waals surface area contributed by atoms with Gasteiger partial charge in [-0.25, -0.2) is 13.8 Å². The van der Waals surface area contributed by atoms with Gasteiger partial charge in [-0.05, 0) is 48.0 Å². The number of rotatable bonds is 8. The predicted octanol–water partition coefficient (Wildman–Crippen LogP) is 2.19. The Kier molecular flexibility index (Phi) is 7.79. The monoisotopic (exact) mass is 453 g/mol. The number of nitrogens with zero attached hydrogens (tertiary/aromatic N) is 2. The minimum absolute atomic E-state index is 0.132. The summed E-state index contributed by atoms with van der Waals surface area (Å²) in [6.07, 6.45) is 2.33. The highest BCUT2D eigenvalue weighted by Gasteiger charge is 2.24. The molecule has 2 aromatic rings. The summed E-state index contributed by atoms with van der Waals surface area (Å²) in [4.78, 5) is 23.2. The van der Waals surface area contributed by atoms with Crippen LogP contribution in [0.25, 0.3) is 0 Å². The molecular formula is C19H20ClN3O6S. The van der Waals surface area contributed by atoms with Gasteiger partial charge in [0.05, 0.1) is 25.3 Å². The number of carbonyl (C=O) groups is 2. The number of hydrogen-bond donors (Lipinski definition) is 1. The topological polar surface area (TPSA) is 114 Å². The van der Waals surface area contributed by atoms with Crippen molar-refractivity contribution in [1.29, 1.82) is 0 Å². The number of ether oxygens (including phenoxy) is 2. The van der Waals surface area contributed by atoms with Gasteiger partial charge < -0.3 is 9.47 Å². The molecule has 160 valence electrons. The van der Waals surface area contributed by atoms with Crippen LogP contribution in [0.3, 0.4) is 0 Å². The van der Waals surface area contributed by atoms with E-state index in [0.29, 0.717) is 11.3 Å². The smallest absolute Gasteiger partial charge is 0.308 e. The number of halogens is 1. The van der Waals surface area contributed by atoms with Crippen molar-refractivity contribution in [2.75, 3.05) is 24.2 Å². The van der Waals surface area contributed by atoms with Crippen molar-refractivity contribution in [3.8, 4) is 11.5 Å². The molecule has 0 unspecified atom stereocenters. The maximum atomic E-state index is 12.3. The van der Waals surface area contributed by atoms with Gasteiger partial charge in [0, 0.05) is 11.9 Å². The molecular weight excluding hydrogens is 434 g/mol. The van der Waals surface area contributed by atoms with Crippen LogP contribution in [-0.4, -0.2) is 46.4 Å². The zero-order valence-corrected chi connectivity index (χ0v) is 18.0. The van der Waals surface area contributed by atoms with Gasteiger partial charge in [-0.1, -0.05) is 11.6 Å². The van der Waals surface area contributed by atoms with Crippen molar-refractivity contribution >= 4 is 45.4 Å². The van der Waals surface area contributed by atoms with Gasteiger partial charge in [-0.3, -0.25) is 13.9 Å². The summed E-state index contributed by atoms with van der Waals surface area (Å²) < 4.78 is 35.4. The lowest BCUT2D eigenvalue weighted by molar-refractivity contribution is -0.131. The van der Waals surface area contributed by atoms with E-state index in [-0.39, 0.29) is 16.5 Å². The molecule has 0 saturated carbocycles. The maximum absolute atomic E-state index is 12.3. The van der Waals surface area contributed by atoms with Gasteiger partial charge >= 0.3 is 5.97 Å². The lowest BCUT2D eigenvalue weighted by Crippen LogP contribution is -2.39. The van der Waals surface area contributed by atoms with Crippen LogP contribution in [0.15, 0.2) is 47.6 Å². The second kappa shape index (κ2) is 10.1. The fraction of sp³-hybridized carbons (Fsp3) is 0.211. The highest BCUT2D eigenvalue weighted by atomic mass is 35.5. The normalized spacial score (nSPS) is 11.2. The number of amides is 1. The summed E-state index contributed by atoms with van der Waals surface area (Å²) in [5.74, 6) is -0.484. The third-order valence-corrected chi connectivity index (χ3v) is 5.00. The predicted molar refractivity (Wildman–Crippen MR) is 114 cm³/mol. The number of methoxy groups -OCH3 is 1. The van der Waals surface area contributed by atoms with E-state index in [4.69, 9.17) is 21.1 Å². The summed E-state index contributed by atoms with van der Waals surface area (Å²) in [5.41, 5.74) is 3.03. The number of hydrazone groups is 1. The van der Waals surface area contributed by atoms with Gasteiger partial charge in [0.25, 0.3) is 5.91 Å². The number of esters is 1. The molecule has 11 heteroatoms. The van der Waals surface area contributed by atoms with E-state index in [0.717, 1.165) is 10.6 Å². The Labute approximate surface area is 179 Å². The van der Waals surface area contributed by atoms with E-state index in [1.807, 2.05) is 0 Å². The van der Waals surface area contributed by atoms with E-state index >= 15 is 0 Å². The van der Waals surface area contributed by atoms with E-state index in [9.17, 15) is 18.0 Å². The lowest BCUT2D eigenvalue weighted by Gasteiger charge is -2.23. The summed E-state index contributed by atoms with van der Waals surface area (Å²) in [5, 5.41) is 4.10. The summed E-state index contributed by atoms with van der Waals surface area (Å²) in [6, 6.07) is 10.8. The number of anilines is 1. The Morgan fingerprint density at radius 2 is 1.87 bits per heavy atom. The van der Waals surface area contributed by atoms with E-state index in [2.05, 4.69) is 10.5 Å². The van der Waals surface area contributed by atoms with Gasteiger partial charge in [0.15, 0.2) is 0 Å². The molecule has 0 aromatic heterocycles. The number of nitrogens with one attached hydrogen (secondary N) is 1. The summed E-state index contributed by atoms with van der Waals surface area (Å²) >= 11 is 5.97. The summed E-state index contributed by atoms with van der Waals surface area (Å²) in [6.45, 7) is 0.766. The average Bonchev–Trinajstić information content (AvgIpc) is 2.66. The van der Waals surface area contributed by atoms with Crippen molar-refractivity contribution in [3.63, 3.8) is 0 Å². The zero-order chi connectivity index (χ0) is 22.3. The van der Waals surface area contributed by atoms with Gasteiger partial charge in [0.1, 0.15) is 18.0 Å². The fourth-order valence-corrected chi connectivity index (χ4v) is 3.39. The van der Waals surface area contributed by atoms with E-state index in [1.165, 1.54) is 32.4 Å². The van der Waals surface area contributed by atoms with Crippen LogP contribution >= 0.6 is 11.6 Å². The molecule has 0 spiro atoms. The molecule has 2 aromatic carbocycles. The molecule has 0 aliphatic heterocycles. The van der Waals surface area contributed by atoms with Crippen molar-refractivity contribution in [1.82, 2.24) is 5.43 Å².